The van der Waals surface area contributed by atoms with Gasteiger partial charge in [0.15, 0.2) is 5.82 Å². The number of nitrogens with zero attached hydrogens (tertiary/aromatic N) is 4. The van der Waals surface area contributed by atoms with Gasteiger partial charge in [-0.1, -0.05) is 44.7 Å². The minimum Gasteiger partial charge on any atom is -0.384 e. The highest BCUT2D eigenvalue weighted by atomic mass is 32.2. The standard InChI is InChI=1S/C21H27N7O2S/c1-13-2-4-14(5-3-13)6-7-15-8-10-17(16-9-11-18(22)24-12-16)19(20(15)31(23,29)30)21-25-27-28-26-21/h8-14H,2-7H2,1H3,(H2,22,24)(H2,23,29,30)(H,25,26,27,28)/t13-,14-. The molecule has 1 aliphatic carbocycles. The van der Waals surface area contributed by atoms with Crippen molar-refractivity contribution in [3.05, 3.63) is 36.0 Å². The molecule has 31 heavy (non-hydrogen) atoms. The average Bonchev–Trinajstić information content (AvgIpc) is 3.27. The highest BCUT2D eigenvalue weighted by Gasteiger charge is 2.27. The lowest BCUT2D eigenvalue weighted by atomic mass is 9.80. The zero-order valence-electron chi connectivity index (χ0n) is 17.5. The lowest BCUT2D eigenvalue weighted by molar-refractivity contribution is 0.277. The van der Waals surface area contributed by atoms with Crippen molar-refractivity contribution in [3.8, 4) is 22.5 Å². The van der Waals surface area contributed by atoms with E-state index in [1.165, 1.54) is 25.7 Å². The molecule has 0 radical (unpaired) electrons. The Bertz CT molecular complexity index is 1140. The van der Waals surface area contributed by atoms with Gasteiger partial charge in [-0.2, -0.15) is 0 Å². The van der Waals surface area contributed by atoms with Crippen LogP contribution in [0.1, 0.15) is 44.6 Å². The maximum Gasteiger partial charge on any atom is 0.239 e. The average molecular weight is 442 g/mol. The maximum atomic E-state index is 12.8. The van der Waals surface area contributed by atoms with E-state index in [1.54, 1.807) is 18.3 Å². The molecule has 10 heteroatoms. The number of pyridine rings is 1. The van der Waals surface area contributed by atoms with Crippen LogP contribution in [-0.4, -0.2) is 34.0 Å². The molecule has 5 N–H and O–H groups in total. The number of hydrogen-bond acceptors (Lipinski definition) is 7. The van der Waals surface area contributed by atoms with Gasteiger partial charge in [-0.15, -0.1) is 5.10 Å². The molecule has 0 amide bonds. The molecule has 0 saturated heterocycles. The minimum absolute atomic E-state index is 0.0598. The second-order valence-corrected chi connectivity index (χ2v) is 9.91. The number of sulfonamides is 1. The van der Waals surface area contributed by atoms with Crippen LogP contribution in [0.4, 0.5) is 5.82 Å². The largest absolute Gasteiger partial charge is 0.384 e. The van der Waals surface area contributed by atoms with Crippen molar-refractivity contribution < 1.29 is 8.42 Å². The van der Waals surface area contributed by atoms with Gasteiger partial charge in [0.2, 0.25) is 10.0 Å². The molecule has 4 rings (SSSR count). The fourth-order valence-electron chi connectivity index (χ4n) is 4.43. The lowest BCUT2D eigenvalue weighted by Gasteiger charge is -2.26. The number of nitrogen functional groups attached to an aromatic ring is 1. The molecule has 0 atom stereocenters. The maximum absolute atomic E-state index is 12.8. The summed E-state index contributed by atoms with van der Waals surface area (Å²) in [6, 6.07) is 7.15. The molecule has 2 heterocycles. The Balaban J connectivity index is 1.79. The topological polar surface area (TPSA) is 154 Å². The summed E-state index contributed by atoms with van der Waals surface area (Å²) in [6.07, 6.45) is 7.95. The van der Waals surface area contributed by atoms with Gasteiger partial charge in [-0.25, -0.2) is 23.6 Å². The molecule has 3 aromatic rings. The predicted octanol–water partition coefficient (Wildman–Crippen LogP) is 2.92. The molecular formula is C21H27N7O2S. The summed E-state index contributed by atoms with van der Waals surface area (Å²) in [5, 5.41) is 19.7. The first-order valence-electron chi connectivity index (χ1n) is 10.5. The Kier molecular flexibility index (Phi) is 6.01. The zero-order chi connectivity index (χ0) is 22.0. The fourth-order valence-corrected chi connectivity index (χ4v) is 5.46. The van der Waals surface area contributed by atoms with Crippen LogP contribution >= 0.6 is 0 Å². The van der Waals surface area contributed by atoms with E-state index in [2.05, 4.69) is 32.5 Å². The number of rotatable bonds is 6. The summed E-state index contributed by atoms with van der Waals surface area (Å²) in [5.41, 5.74) is 8.06. The van der Waals surface area contributed by atoms with Gasteiger partial charge in [0, 0.05) is 17.3 Å². The summed E-state index contributed by atoms with van der Waals surface area (Å²) >= 11 is 0. The molecular weight excluding hydrogens is 414 g/mol. The third-order valence-electron chi connectivity index (χ3n) is 6.16. The van der Waals surface area contributed by atoms with Crippen LogP contribution in [0, 0.1) is 11.8 Å². The monoisotopic (exact) mass is 441 g/mol. The van der Waals surface area contributed by atoms with E-state index in [4.69, 9.17) is 10.9 Å². The van der Waals surface area contributed by atoms with Gasteiger partial charge >= 0.3 is 0 Å². The molecule has 164 valence electrons. The Labute approximate surface area is 181 Å². The van der Waals surface area contributed by atoms with Gasteiger partial charge in [0.25, 0.3) is 0 Å². The normalized spacial score (nSPS) is 19.4. The molecule has 1 aliphatic rings. The molecule has 0 bridgehead atoms. The van der Waals surface area contributed by atoms with E-state index < -0.39 is 10.0 Å². The van der Waals surface area contributed by atoms with E-state index in [1.807, 2.05) is 12.1 Å². The van der Waals surface area contributed by atoms with Crippen LogP contribution in [-0.2, 0) is 16.4 Å². The highest BCUT2D eigenvalue weighted by molar-refractivity contribution is 7.89. The first kappa shape index (κ1) is 21.4. The third-order valence-corrected chi connectivity index (χ3v) is 7.20. The molecule has 1 saturated carbocycles. The first-order chi connectivity index (χ1) is 14.8. The number of primary sulfonamides is 1. The van der Waals surface area contributed by atoms with Crippen molar-refractivity contribution in [2.24, 2.45) is 17.0 Å². The number of nitrogens with one attached hydrogen (secondary N) is 1. The number of hydrogen-bond donors (Lipinski definition) is 3. The lowest BCUT2D eigenvalue weighted by Crippen LogP contribution is -2.18. The number of H-pyrrole nitrogens is 1. The molecule has 1 aromatic carbocycles. The van der Waals surface area contributed by atoms with Crippen molar-refractivity contribution in [3.63, 3.8) is 0 Å². The number of aryl methyl sites for hydroxylation is 1. The number of aromatic nitrogens is 5. The molecule has 2 aromatic heterocycles. The molecule has 0 spiro atoms. The number of aromatic amines is 1. The summed E-state index contributed by atoms with van der Waals surface area (Å²) in [4.78, 5) is 4.19. The van der Waals surface area contributed by atoms with Gasteiger partial charge < -0.3 is 5.73 Å². The summed E-state index contributed by atoms with van der Waals surface area (Å²) in [5.74, 6) is 1.98. The number of anilines is 1. The highest BCUT2D eigenvalue weighted by Crippen LogP contribution is 2.38. The van der Waals surface area contributed by atoms with Gasteiger partial charge in [0.05, 0.1) is 4.90 Å². The van der Waals surface area contributed by atoms with Crippen molar-refractivity contribution >= 4 is 15.8 Å². The summed E-state index contributed by atoms with van der Waals surface area (Å²) < 4.78 is 25.5. The Hall–Kier alpha value is -2.85. The van der Waals surface area contributed by atoms with E-state index in [0.29, 0.717) is 40.4 Å². The van der Waals surface area contributed by atoms with E-state index in [0.717, 1.165) is 12.3 Å². The smallest absolute Gasteiger partial charge is 0.239 e. The third kappa shape index (κ3) is 4.75. The molecule has 1 fully saturated rings. The van der Waals surface area contributed by atoms with Gasteiger partial charge in [0.1, 0.15) is 5.82 Å². The predicted molar refractivity (Wildman–Crippen MR) is 118 cm³/mol. The minimum atomic E-state index is -4.05. The molecule has 0 aliphatic heterocycles. The van der Waals surface area contributed by atoms with Crippen LogP contribution in [0.25, 0.3) is 22.5 Å². The Morgan fingerprint density at radius 3 is 2.52 bits per heavy atom. The zero-order valence-corrected chi connectivity index (χ0v) is 18.3. The Morgan fingerprint density at radius 2 is 1.90 bits per heavy atom. The van der Waals surface area contributed by atoms with Crippen molar-refractivity contribution in [2.45, 2.75) is 50.3 Å². The van der Waals surface area contributed by atoms with E-state index in [9.17, 15) is 8.42 Å². The fraction of sp³-hybridized carbons (Fsp3) is 0.429. The van der Waals surface area contributed by atoms with Crippen molar-refractivity contribution in [1.82, 2.24) is 25.6 Å². The van der Waals surface area contributed by atoms with Crippen LogP contribution in [0.3, 0.4) is 0 Å². The number of tetrazole rings is 1. The number of benzene rings is 1. The molecule has 0 unspecified atom stereocenters. The van der Waals surface area contributed by atoms with Crippen molar-refractivity contribution in [1.29, 1.82) is 0 Å². The van der Waals surface area contributed by atoms with Crippen LogP contribution < -0.4 is 10.9 Å². The first-order valence-corrected chi connectivity index (χ1v) is 12.0. The van der Waals surface area contributed by atoms with Crippen LogP contribution in [0.5, 0.6) is 0 Å². The van der Waals surface area contributed by atoms with Crippen LogP contribution in [0.15, 0.2) is 35.4 Å². The van der Waals surface area contributed by atoms with Gasteiger partial charge in [-0.05, 0) is 58.4 Å². The number of nitrogens with two attached hydrogens (primary N) is 2. The summed E-state index contributed by atoms with van der Waals surface area (Å²) in [6.45, 7) is 2.29. The SMILES string of the molecule is C[C@H]1CC[C@H](CCc2ccc(-c3ccc(N)nc3)c(-c3nnn[nH]3)c2S(N)(=O)=O)CC1. The molecule has 9 nitrogen and oxygen atoms in total. The quantitative estimate of drug-likeness (QED) is 0.531. The second-order valence-electron chi connectivity index (χ2n) is 8.41. The second kappa shape index (κ2) is 8.72. The van der Waals surface area contributed by atoms with E-state index in [-0.39, 0.29) is 10.7 Å². The summed E-state index contributed by atoms with van der Waals surface area (Å²) in [7, 11) is -4.05. The Morgan fingerprint density at radius 1 is 1.13 bits per heavy atom. The van der Waals surface area contributed by atoms with E-state index >= 15 is 0 Å². The van der Waals surface area contributed by atoms with Gasteiger partial charge in [-0.3, -0.25) is 0 Å². The van der Waals surface area contributed by atoms with Crippen LogP contribution in [0.2, 0.25) is 0 Å². The van der Waals surface area contributed by atoms with Crippen molar-refractivity contribution in [2.75, 3.05) is 5.73 Å².